The van der Waals surface area contributed by atoms with Gasteiger partial charge in [0.05, 0.1) is 18.2 Å². The van der Waals surface area contributed by atoms with Crippen LogP contribution in [0.5, 0.6) is 0 Å². The van der Waals surface area contributed by atoms with Crippen LogP contribution in [0.4, 0.5) is 4.79 Å². The molecule has 164 valence electrons. The summed E-state index contributed by atoms with van der Waals surface area (Å²) in [6, 6.07) is 5.68. The molecule has 3 amide bonds. The first-order chi connectivity index (χ1) is 15.6. The van der Waals surface area contributed by atoms with E-state index in [1.54, 1.807) is 24.5 Å². The number of carbonyl (C=O) groups is 2. The lowest BCUT2D eigenvalue weighted by Gasteiger charge is -2.33. The van der Waals surface area contributed by atoms with Crippen molar-refractivity contribution in [3.8, 4) is 6.07 Å². The van der Waals surface area contributed by atoms with Gasteiger partial charge in [0.2, 0.25) is 0 Å². The Bertz CT molecular complexity index is 1120. The second-order valence-corrected chi connectivity index (χ2v) is 8.90. The molecule has 3 heterocycles. The van der Waals surface area contributed by atoms with Gasteiger partial charge in [-0.15, -0.1) is 0 Å². The number of likely N-dealkylation sites (tertiary alicyclic amines) is 1. The molecule has 3 aliphatic rings. The highest BCUT2D eigenvalue weighted by molar-refractivity contribution is 5.95. The number of nitrogens with one attached hydrogen (secondary N) is 2. The molecule has 1 aliphatic heterocycles. The van der Waals surface area contributed by atoms with Gasteiger partial charge in [-0.25, -0.2) is 4.79 Å². The minimum Gasteiger partial charge on any atom is -0.449 e. The number of allylic oxidation sites excluding steroid dienone is 3. The van der Waals surface area contributed by atoms with Crippen molar-refractivity contribution in [2.45, 2.75) is 25.7 Å². The largest absolute Gasteiger partial charge is 0.449 e. The average molecular weight is 431 g/mol. The third-order valence-electron chi connectivity index (χ3n) is 6.98. The second-order valence-electron chi connectivity index (χ2n) is 8.90. The third-order valence-corrected chi connectivity index (χ3v) is 6.98. The van der Waals surface area contributed by atoms with Crippen LogP contribution in [0.2, 0.25) is 0 Å². The minimum absolute atomic E-state index is 0.0870. The SMILES string of the molecule is N#CC1C=CC(NC(=O)N2CCC3(CC2)CC3CNC(=O)c2cc3ccncc3o2)=CC1. The number of fused-ring (bicyclic) bond motifs is 1. The number of aromatic nitrogens is 1. The summed E-state index contributed by atoms with van der Waals surface area (Å²) >= 11 is 0. The highest BCUT2D eigenvalue weighted by Gasteiger charge is 2.54. The molecule has 32 heavy (non-hydrogen) atoms. The van der Waals surface area contributed by atoms with E-state index in [1.807, 2.05) is 23.1 Å². The topological polar surface area (TPSA) is 111 Å². The zero-order valence-electron chi connectivity index (χ0n) is 17.7. The molecule has 5 rings (SSSR count). The van der Waals surface area contributed by atoms with Gasteiger partial charge in [0, 0.05) is 36.9 Å². The number of nitriles is 1. The molecule has 1 spiro atoms. The monoisotopic (exact) mass is 431 g/mol. The van der Waals surface area contributed by atoms with E-state index in [0.29, 0.717) is 43.3 Å². The van der Waals surface area contributed by atoms with E-state index in [9.17, 15) is 9.59 Å². The molecule has 8 heteroatoms. The summed E-state index contributed by atoms with van der Waals surface area (Å²) in [7, 11) is 0. The zero-order chi connectivity index (χ0) is 22.1. The standard InChI is InChI=1S/C24H25N5O3/c25-13-16-1-3-19(4-2-16)28-23(31)29-9-6-24(7-10-29)12-18(24)14-27-22(30)20-11-17-5-8-26-15-21(17)32-20/h1,3-5,8,11,15-16,18H,2,6-7,9-10,12,14H2,(H,27,30)(H,28,31). The molecule has 2 unspecified atom stereocenters. The Kier molecular flexibility index (Phi) is 5.17. The number of urea groups is 1. The number of furan rings is 1. The molecule has 0 aromatic carbocycles. The van der Waals surface area contributed by atoms with E-state index in [4.69, 9.17) is 9.68 Å². The van der Waals surface area contributed by atoms with Crippen LogP contribution < -0.4 is 10.6 Å². The first kappa shape index (κ1) is 20.3. The van der Waals surface area contributed by atoms with Gasteiger partial charge in [-0.05, 0) is 55.2 Å². The quantitative estimate of drug-likeness (QED) is 0.771. The van der Waals surface area contributed by atoms with Crippen LogP contribution in [-0.2, 0) is 0 Å². The first-order valence-corrected chi connectivity index (χ1v) is 11.0. The van der Waals surface area contributed by atoms with Crippen LogP contribution in [0, 0.1) is 28.6 Å². The molecule has 8 nitrogen and oxygen atoms in total. The van der Waals surface area contributed by atoms with Crippen LogP contribution >= 0.6 is 0 Å². The lowest BCUT2D eigenvalue weighted by atomic mass is 9.91. The third kappa shape index (κ3) is 3.98. The van der Waals surface area contributed by atoms with Crippen molar-refractivity contribution >= 4 is 22.9 Å². The molecule has 0 bridgehead atoms. The summed E-state index contributed by atoms with van der Waals surface area (Å²) < 4.78 is 5.58. The molecular formula is C24H25N5O3. The highest BCUT2D eigenvalue weighted by Crippen LogP contribution is 2.59. The van der Waals surface area contributed by atoms with Gasteiger partial charge in [-0.1, -0.05) is 12.2 Å². The van der Waals surface area contributed by atoms with Gasteiger partial charge in [0.25, 0.3) is 5.91 Å². The Morgan fingerprint density at radius 1 is 1.34 bits per heavy atom. The molecule has 0 radical (unpaired) electrons. The van der Waals surface area contributed by atoms with E-state index < -0.39 is 0 Å². The number of nitrogens with zero attached hydrogens (tertiary/aromatic N) is 3. The summed E-state index contributed by atoms with van der Waals surface area (Å²) in [5.74, 6) is 0.435. The summed E-state index contributed by atoms with van der Waals surface area (Å²) in [5.41, 5.74) is 1.59. The maximum atomic E-state index is 12.6. The fourth-order valence-electron chi connectivity index (χ4n) is 4.80. The van der Waals surface area contributed by atoms with Gasteiger partial charge in [0.1, 0.15) is 0 Å². The first-order valence-electron chi connectivity index (χ1n) is 11.0. The van der Waals surface area contributed by atoms with Crippen molar-refractivity contribution in [2.24, 2.45) is 17.3 Å². The Morgan fingerprint density at radius 3 is 2.91 bits per heavy atom. The molecule has 2 aliphatic carbocycles. The molecule has 2 aromatic rings. The maximum absolute atomic E-state index is 12.6. The molecular weight excluding hydrogens is 406 g/mol. The zero-order valence-corrected chi connectivity index (χ0v) is 17.7. The Hall–Kier alpha value is -3.60. The number of rotatable bonds is 4. The van der Waals surface area contributed by atoms with Crippen LogP contribution in [0.3, 0.4) is 0 Å². The van der Waals surface area contributed by atoms with Crippen molar-refractivity contribution in [2.75, 3.05) is 19.6 Å². The number of pyridine rings is 1. The maximum Gasteiger partial charge on any atom is 0.321 e. The number of amides is 3. The summed E-state index contributed by atoms with van der Waals surface area (Å²) in [6.07, 6.45) is 12.4. The number of piperidine rings is 1. The van der Waals surface area contributed by atoms with Gasteiger partial charge in [-0.2, -0.15) is 5.26 Å². The number of hydrogen-bond donors (Lipinski definition) is 2. The molecule has 1 saturated heterocycles. The Balaban J connectivity index is 1.08. The molecule has 1 saturated carbocycles. The molecule has 2 fully saturated rings. The van der Waals surface area contributed by atoms with Crippen molar-refractivity contribution in [1.82, 2.24) is 20.5 Å². The lowest BCUT2D eigenvalue weighted by Crippen LogP contribution is -2.45. The van der Waals surface area contributed by atoms with Crippen LogP contribution in [0.15, 0.2) is 52.9 Å². The predicted octanol–water partition coefficient (Wildman–Crippen LogP) is 3.35. The molecule has 2 N–H and O–H groups in total. The highest BCUT2D eigenvalue weighted by atomic mass is 16.3. The fourth-order valence-corrected chi connectivity index (χ4v) is 4.80. The van der Waals surface area contributed by atoms with E-state index in [1.165, 1.54) is 0 Å². The van der Waals surface area contributed by atoms with Crippen LogP contribution in [-0.4, -0.2) is 41.5 Å². The van der Waals surface area contributed by atoms with Crippen molar-refractivity contribution < 1.29 is 14.0 Å². The van der Waals surface area contributed by atoms with Crippen molar-refractivity contribution in [1.29, 1.82) is 5.26 Å². The van der Waals surface area contributed by atoms with E-state index in [2.05, 4.69) is 21.7 Å². The van der Waals surface area contributed by atoms with Crippen LogP contribution in [0.25, 0.3) is 11.0 Å². The number of hydrogen-bond acceptors (Lipinski definition) is 5. The average Bonchev–Trinajstić information content (AvgIpc) is 3.29. The van der Waals surface area contributed by atoms with E-state index in [-0.39, 0.29) is 23.3 Å². The molecule has 2 aromatic heterocycles. The summed E-state index contributed by atoms with van der Waals surface area (Å²) in [5, 5.41) is 15.8. The fraction of sp³-hybridized carbons (Fsp3) is 0.417. The smallest absolute Gasteiger partial charge is 0.321 e. The van der Waals surface area contributed by atoms with Gasteiger partial charge in [0.15, 0.2) is 11.3 Å². The van der Waals surface area contributed by atoms with E-state index >= 15 is 0 Å². The minimum atomic E-state index is -0.201. The van der Waals surface area contributed by atoms with Gasteiger partial charge < -0.3 is 20.0 Å². The van der Waals surface area contributed by atoms with Crippen molar-refractivity contribution in [3.63, 3.8) is 0 Å². The van der Waals surface area contributed by atoms with Gasteiger partial charge in [-0.3, -0.25) is 9.78 Å². The van der Waals surface area contributed by atoms with E-state index in [0.717, 1.165) is 30.3 Å². The second kappa shape index (κ2) is 8.15. The number of carbonyl (C=O) groups excluding carboxylic acids is 2. The summed E-state index contributed by atoms with van der Waals surface area (Å²) in [6.45, 7) is 2.05. The van der Waals surface area contributed by atoms with Crippen LogP contribution in [0.1, 0.15) is 36.2 Å². The Morgan fingerprint density at radius 2 is 2.19 bits per heavy atom. The molecule has 2 atom stereocenters. The lowest BCUT2D eigenvalue weighted by molar-refractivity contribution is 0.0922. The predicted molar refractivity (Wildman–Crippen MR) is 117 cm³/mol. The normalized spacial score (nSPS) is 23.5. The van der Waals surface area contributed by atoms with Gasteiger partial charge >= 0.3 is 6.03 Å². The van der Waals surface area contributed by atoms with Crippen molar-refractivity contribution in [3.05, 3.63) is 54.2 Å². The summed E-state index contributed by atoms with van der Waals surface area (Å²) in [4.78, 5) is 30.9. The Labute approximate surface area is 186 Å².